The predicted octanol–water partition coefficient (Wildman–Crippen LogP) is 3.51. The molecule has 1 saturated heterocycles. The third kappa shape index (κ3) is 3.08. The Morgan fingerprint density at radius 3 is 2.71 bits per heavy atom. The number of nitrogens with one attached hydrogen (secondary N) is 1. The van der Waals surface area contributed by atoms with Gasteiger partial charge in [-0.25, -0.2) is 0 Å². The Morgan fingerprint density at radius 2 is 2.00 bits per heavy atom. The maximum Gasteiger partial charge on any atom is 0.241 e. The molecule has 2 aromatic carbocycles. The van der Waals surface area contributed by atoms with E-state index in [-0.39, 0.29) is 11.9 Å². The van der Waals surface area contributed by atoms with Crippen LogP contribution in [0.4, 0.5) is 5.69 Å². The molecule has 2 aromatic rings. The van der Waals surface area contributed by atoms with Crippen LogP contribution in [0.1, 0.15) is 20.3 Å². The van der Waals surface area contributed by atoms with E-state index in [1.807, 2.05) is 37.3 Å². The van der Waals surface area contributed by atoms with Gasteiger partial charge in [-0.3, -0.25) is 9.69 Å². The van der Waals surface area contributed by atoms with Gasteiger partial charge in [-0.1, -0.05) is 37.3 Å². The molecule has 1 N–H and O–H groups in total. The Balaban J connectivity index is 1.70. The molecule has 0 aliphatic carbocycles. The van der Waals surface area contributed by atoms with Crippen LogP contribution >= 0.6 is 0 Å². The van der Waals surface area contributed by atoms with E-state index in [9.17, 15) is 4.79 Å². The summed E-state index contributed by atoms with van der Waals surface area (Å²) in [5, 5.41) is 5.39. The van der Waals surface area contributed by atoms with E-state index < -0.39 is 0 Å². The topological polar surface area (TPSA) is 32.3 Å². The standard InChI is InChI=1S/C18H22N2O/c1-13-9-10-20(12-13)14(2)18(21)19-17-8-7-15-5-3-4-6-16(15)11-17/h3-8,11,13-14H,9-10,12H2,1-2H3,(H,19,21)/t13-,14-/m1/s1. The van der Waals surface area contributed by atoms with Crippen LogP contribution in [0.25, 0.3) is 10.8 Å². The Morgan fingerprint density at radius 1 is 1.24 bits per heavy atom. The van der Waals surface area contributed by atoms with Crippen molar-refractivity contribution in [2.45, 2.75) is 26.3 Å². The number of carbonyl (C=O) groups is 1. The number of likely N-dealkylation sites (tertiary alicyclic amines) is 1. The second-order valence-corrected chi connectivity index (χ2v) is 6.12. The number of rotatable bonds is 3. The minimum absolute atomic E-state index is 0.0681. The van der Waals surface area contributed by atoms with Crippen molar-refractivity contribution in [3.63, 3.8) is 0 Å². The summed E-state index contributed by atoms with van der Waals surface area (Å²) in [6, 6.07) is 14.2. The van der Waals surface area contributed by atoms with Crippen LogP contribution in [0.5, 0.6) is 0 Å². The van der Waals surface area contributed by atoms with E-state index in [1.165, 1.54) is 11.8 Å². The highest BCUT2D eigenvalue weighted by atomic mass is 16.2. The van der Waals surface area contributed by atoms with Crippen molar-refractivity contribution < 1.29 is 4.79 Å². The fraction of sp³-hybridized carbons (Fsp3) is 0.389. The third-order valence-corrected chi connectivity index (χ3v) is 4.40. The number of hydrogen-bond acceptors (Lipinski definition) is 2. The first-order valence-corrected chi connectivity index (χ1v) is 7.67. The molecular formula is C18H22N2O. The van der Waals surface area contributed by atoms with Gasteiger partial charge in [-0.2, -0.15) is 0 Å². The van der Waals surface area contributed by atoms with Crippen molar-refractivity contribution in [1.82, 2.24) is 4.90 Å². The van der Waals surface area contributed by atoms with Crippen molar-refractivity contribution in [1.29, 1.82) is 0 Å². The van der Waals surface area contributed by atoms with Crippen LogP contribution in [0, 0.1) is 5.92 Å². The second-order valence-electron chi connectivity index (χ2n) is 6.12. The fourth-order valence-corrected chi connectivity index (χ4v) is 3.00. The molecule has 0 saturated carbocycles. The van der Waals surface area contributed by atoms with Crippen LogP contribution in [0.3, 0.4) is 0 Å². The summed E-state index contributed by atoms with van der Waals surface area (Å²) < 4.78 is 0. The summed E-state index contributed by atoms with van der Waals surface area (Å²) in [5.74, 6) is 0.778. The highest BCUT2D eigenvalue weighted by Crippen LogP contribution is 2.21. The molecule has 1 amide bonds. The average Bonchev–Trinajstić information content (AvgIpc) is 2.93. The molecule has 1 fully saturated rings. The number of anilines is 1. The summed E-state index contributed by atoms with van der Waals surface area (Å²) >= 11 is 0. The minimum Gasteiger partial charge on any atom is -0.325 e. The van der Waals surface area contributed by atoms with Gasteiger partial charge >= 0.3 is 0 Å². The number of nitrogens with zero attached hydrogens (tertiary/aromatic N) is 1. The first-order valence-electron chi connectivity index (χ1n) is 7.67. The largest absolute Gasteiger partial charge is 0.325 e. The van der Waals surface area contributed by atoms with E-state index in [1.54, 1.807) is 0 Å². The van der Waals surface area contributed by atoms with Gasteiger partial charge in [0, 0.05) is 12.2 Å². The van der Waals surface area contributed by atoms with Gasteiger partial charge in [-0.15, -0.1) is 0 Å². The van der Waals surface area contributed by atoms with Crippen LogP contribution in [0.2, 0.25) is 0 Å². The predicted molar refractivity (Wildman–Crippen MR) is 87.4 cm³/mol. The number of amides is 1. The highest BCUT2D eigenvalue weighted by Gasteiger charge is 2.27. The molecule has 3 heteroatoms. The van der Waals surface area contributed by atoms with Crippen molar-refractivity contribution in [2.24, 2.45) is 5.92 Å². The van der Waals surface area contributed by atoms with Gasteiger partial charge in [-0.05, 0) is 48.7 Å². The third-order valence-electron chi connectivity index (χ3n) is 4.40. The zero-order chi connectivity index (χ0) is 14.8. The lowest BCUT2D eigenvalue weighted by Crippen LogP contribution is -2.40. The van der Waals surface area contributed by atoms with E-state index >= 15 is 0 Å². The van der Waals surface area contributed by atoms with E-state index in [0.717, 1.165) is 24.2 Å². The molecule has 0 radical (unpaired) electrons. The average molecular weight is 282 g/mol. The van der Waals surface area contributed by atoms with E-state index in [4.69, 9.17) is 0 Å². The Hall–Kier alpha value is -1.87. The van der Waals surface area contributed by atoms with Gasteiger partial charge in [0.15, 0.2) is 0 Å². The lowest BCUT2D eigenvalue weighted by Gasteiger charge is -2.23. The van der Waals surface area contributed by atoms with Gasteiger partial charge in [0.25, 0.3) is 0 Å². The lowest BCUT2D eigenvalue weighted by atomic mass is 10.1. The molecule has 1 aliphatic heterocycles. The van der Waals surface area contributed by atoms with Crippen LogP contribution < -0.4 is 5.32 Å². The SMILES string of the molecule is C[C@@H]1CCN([C@H](C)C(=O)Nc2ccc3ccccc3c2)C1. The first kappa shape index (κ1) is 14.1. The van der Waals surface area contributed by atoms with Gasteiger partial charge in [0.05, 0.1) is 6.04 Å². The van der Waals surface area contributed by atoms with E-state index in [2.05, 4.69) is 29.3 Å². The van der Waals surface area contributed by atoms with Crippen molar-refractivity contribution in [3.05, 3.63) is 42.5 Å². The fourth-order valence-electron chi connectivity index (χ4n) is 3.00. The monoisotopic (exact) mass is 282 g/mol. The van der Waals surface area contributed by atoms with Gasteiger partial charge in [0.1, 0.15) is 0 Å². The molecule has 3 nitrogen and oxygen atoms in total. The highest BCUT2D eigenvalue weighted by molar-refractivity contribution is 5.97. The van der Waals surface area contributed by atoms with Crippen molar-refractivity contribution in [3.8, 4) is 0 Å². The molecule has 3 rings (SSSR count). The molecule has 0 unspecified atom stereocenters. The van der Waals surface area contributed by atoms with E-state index in [0.29, 0.717) is 5.92 Å². The molecule has 0 aromatic heterocycles. The Bertz CT molecular complexity index is 652. The van der Waals surface area contributed by atoms with Crippen LogP contribution in [0.15, 0.2) is 42.5 Å². The Labute approximate surface area is 125 Å². The maximum atomic E-state index is 12.4. The first-order chi connectivity index (χ1) is 10.1. The molecule has 2 atom stereocenters. The maximum absolute atomic E-state index is 12.4. The van der Waals surface area contributed by atoms with Gasteiger partial charge < -0.3 is 5.32 Å². The molecule has 1 aliphatic rings. The summed E-state index contributed by atoms with van der Waals surface area (Å²) in [7, 11) is 0. The second kappa shape index (κ2) is 5.86. The summed E-state index contributed by atoms with van der Waals surface area (Å²) in [6.45, 7) is 6.28. The van der Waals surface area contributed by atoms with Crippen molar-refractivity contribution >= 4 is 22.4 Å². The normalized spacial score (nSPS) is 20.6. The zero-order valence-electron chi connectivity index (χ0n) is 12.7. The Kier molecular flexibility index (Phi) is 3.93. The summed E-state index contributed by atoms with van der Waals surface area (Å²) in [5.41, 5.74) is 0.873. The van der Waals surface area contributed by atoms with Gasteiger partial charge in [0.2, 0.25) is 5.91 Å². The lowest BCUT2D eigenvalue weighted by molar-refractivity contribution is -0.120. The molecule has 0 bridgehead atoms. The number of hydrogen-bond donors (Lipinski definition) is 1. The number of fused-ring (bicyclic) bond motifs is 1. The summed E-state index contributed by atoms with van der Waals surface area (Å²) in [4.78, 5) is 14.7. The number of benzene rings is 2. The molecule has 110 valence electrons. The molecule has 0 spiro atoms. The minimum atomic E-state index is -0.0681. The summed E-state index contributed by atoms with van der Waals surface area (Å²) in [6.07, 6.45) is 1.19. The van der Waals surface area contributed by atoms with Crippen molar-refractivity contribution in [2.75, 3.05) is 18.4 Å². The smallest absolute Gasteiger partial charge is 0.241 e. The van der Waals surface area contributed by atoms with Crippen LogP contribution in [-0.2, 0) is 4.79 Å². The molecular weight excluding hydrogens is 260 g/mol. The zero-order valence-corrected chi connectivity index (χ0v) is 12.7. The number of carbonyl (C=O) groups excluding carboxylic acids is 1. The molecule has 21 heavy (non-hydrogen) atoms. The quantitative estimate of drug-likeness (QED) is 0.934. The van der Waals surface area contributed by atoms with Crippen LogP contribution in [-0.4, -0.2) is 29.9 Å². The molecule has 1 heterocycles.